The largest absolute Gasteiger partial charge is 0.354 e. The monoisotopic (exact) mass is 342 g/mol. The highest BCUT2D eigenvalue weighted by Gasteiger charge is 2.44. The Bertz CT molecular complexity index is 691. The smallest absolute Gasteiger partial charge is 0.270 e. The predicted molar refractivity (Wildman–Crippen MR) is 97.9 cm³/mol. The van der Waals surface area contributed by atoms with Gasteiger partial charge in [0.2, 0.25) is 0 Å². The van der Waals surface area contributed by atoms with E-state index in [-0.39, 0.29) is 11.7 Å². The number of carbonyl (C=O) groups excluding carboxylic acids is 2. The van der Waals surface area contributed by atoms with Gasteiger partial charge in [0.15, 0.2) is 5.78 Å². The first-order valence-corrected chi connectivity index (χ1v) is 10.0. The molecular formula is C21H30N2O2. The van der Waals surface area contributed by atoms with Gasteiger partial charge in [-0.05, 0) is 75.7 Å². The molecule has 0 spiro atoms. The summed E-state index contributed by atoms with van der Waals surface area (Å²) in [6.45, 7) is 6.54. The first kappa shape index (κ1) is 16.9. The van der Waals surface area contributed by atoms with Crippen LogP contribution in [0, 0.1) is 24.7 Å². The Kier molecular flexibility index (Phi) is 4.25. The summed E-state index contributed by atoms with van der Waals surface area (Å²) in [5.41, 5.74) is 3.22. The average Bonchev–Trinajstić information content (AvgIpc) is 2.74. The minimum absolute atomic E-state index is 0.0621. The standard InChI is InChI=1S/C21H30N2O2/c1-4-5-18-19(13(3)24)12(2)22-20(18)21(25)23-11-16-7-14-6-15(8-16)10-17(23)9-14/h14-17,22H,4-11H2,1-3H3/t14-,15+,16?,17?. The predicted octanol–water partition coefficient (Wildman–Crippen LogP) is 4.13. The highest BCUT2D eigenvalue weighted by molar-refractivity contribution is 6.02. The van der Waals surface area contributed by atoms with Crippen molar-refractivity contribution < 1.29 is 9.59 Å². The highest BCUT2D eigenvalue weighted by atomic mass is 16.2. The summed E-state index contributed by atoms with van der Waals surface area (Å²) in [5.74, 6) is 2.53. The lowest BCUT2D eigenvalue weighted by Gasteiger charge is -2.39. The first-order chi connectivity index (χ1) is 12.0. The van der Waals surface area contributed by atoms with Crippen molar-refractivity contribution in [3.8, 4) is 0 Å². The molecule has 2 aliphatic heterocycles. The Balaban J connectivity index is 1.69. The fourth-order valence-corrected chi connectivity index (χ4v) is 6.01. The van der Waals surface area contributed by atoms with Gasteiger partial charge in [0.25, 0.3) is 5.91 Å². The topological polar surface area (TPSA) is 53.2 Å². The van der Waals surface area contributed by atoms with Crippen molar-refractivity contribution in [1.29, 1.82) is 0 Å². The van der Waals surface area contributed by atoms with E-state index < -0.39 is 0 Å². The molecule has 1 aromatic heterocycles. The van der Waals surface area contributed by atoms with Gasteiger partial charge >= 0.3 is 0 Å². The number of ketones is 1. The molecule has 1 aromatic rings. The van der Waals surface area contributed by atoms with E-state index in [0.717, 1.165) is 48.0 Å². The molecule has 4 atom stereocenters. The Morgan fingerprint density at radius 3 is 2.32 bits per heavy atom. The van der Waals surface area contributed by atoms with E-state index in [1.807, 2.05) is 6.92 Å². The number of amides is 1. The van der Waals surface area contributed by atoms with Crippen LogP contribution in [0.1, 0.15) is 84.5 Å². The minimum Gasteiger partial charge on any atom is -0.354 e. The van der Waals surface area contributed by atoms with E-state index in [2.05, 4.69) is 16.8 Å². The fraction of sp³-hybridized carbons (Fsp3) is 0.714. The summed E-state index contributed by atoms with van der Waals surface area (Å²) < 4.78 is 0. The average molecular weight is 342 g/mol. The molecule has 2 aliphatic carbocycles. The van der Waals surface area contributed by atoms with Gasteiger partial charge in [-0.25, -0.2) is 0 Å². The second-order valence-corrected chi connectivity index (χ2v) is 8.67. The normalized spacial score (nSPS) is 30.6. The van der Waals surface area contributed by atoms with Gasteiger partial charge in [-0.15, -0.1) is 0 Å². The van der Waals surface area contributed by atoms with E-state index in [1.54, 1.807) is 6.92 Å². The van der Waals surface area contributed by atoms with Crippen molar-refractivity contribution in [2.75, 3.05) is 6.54 Å². The second kappa shape index (κ2) is 6.30. The maximum Gasteiger partial charge on any atom is 0.270 e. The molecule has 5 rings (SSSR count). The van der Waals surface area contributed by atoms with Gasteiger partial charge in [-0.2, -0.15) is 0 Å². The third-order valence-electron chi connectivity index (χ3n) is 6.72. The second-order valence-electron chi connectivity index (χ2n) is 8.67. The number of carbonyl (C=O) groups is 2. The molecule has 25 heavy (non-hydrogen) atoms. The fourth-order valence-electron chi connectivity index (χ4n) is 6.01. The lowest BCUT2D eigenvalue weighted by atomic mass is 9.68. The van der Waals surface area contributed by atoms with E-state index in [4.69, 9.17) is 0 Å². The lowest BCUT2D eigenvalue weighted by Crippen LogP contribution is -2.42. The Hall–Kier alpha value is -1.58. The van der Waals surface area contributed by atoms with Crippen LogP contribution in [0.4, 0.5) is 0 Å². The van der Waals surface area contributed by atoms with Crippen LogP contribution in [-0.2, 0) is 6.42 Å². The van der Waals surface area contributed by atoms with Crippen LogP contribution >= 0.6 is 0 Å². The van der Waals surface area contributed by atoms with Crippen LogP contribution in [0.15, 0.2) is 0 Å². The van der Waals surface area contributed by atoms with Crippen molar-refractivity contribution >= 4 is 11.7 Å². The Morgan fingerprint density at radius 2 is 1.72 bits per heavy atom. The van der Waals surface area contributed by atoms with Gasteiger partial charge in [0, 0.05) is 23.8 Å². The molecule has 2 saturated carbocycles. The van der Waals surface area contributed by atoms with E-state index in [9.17, 15) is 9.59 Å². The molecule has 1 amide bonds. The molecule has 0 radical (unpaired) electrons. The number of hydrogen-bond acceptors (Lipinski definition) is 2. The van der Waals surface area contributed by atoms with E-state index in [0.29, 0.717) is 17.7 Å². The number of Topliss-reactive ketones (excluding diaryl/α,β-unsaturated/α-hetero) is 1. The summed E-state index contributed by atoms with van der Waals surface area (Å²) >= 11 is 0. The summed E-state index contributed by atoms with van der Waals surface area (Å²) in [4.78, 5) is 31.1. The first-order valence-electron chi connectivity index (χ1n) is 10.0. The summed E-state index contributed by atoms with van der Waals surface area (Å²) in [6.07, 6.45) is 8.08. The van der Waals surface area contributed by atoms with Crippen molar-refractivity contribution in [3.05, 3.63) is 22.5 Å². The zero-order chi connectivity index (χ0) is 17.7. The Labute approximate surface area is 150 Å². The number of aromatic nitrogens is 1. The SMILES string of the molecule is CCCc1c(C(=O)N2CC3C[C@@H]4CC2C[C@H](C3)C4)[nH]c(C)c1C(C)=O. The van der Waals surface area contributed by atoms with E-state index >= 15 is 0 Å². The molecule has 3 heterocycles. The summed E-state index contributed by atoms with van der Waals surface area (Å²) in [7, 11) is 0. The van der Waals surface area contributed by atoms with Crippen LogP contribution < -0.4 is 0 Å². The highest BCUT2D eigenvalue weighted by Crippen LogP contribution is 2.47. The molecule has 136 valence electrons. The zero-order valence-corrected chi connectivity index (χ0v) is 15.7. The zero-order valence-electron chi connectivity index (χ0n) is 15.7. The maximum absolute atomic E-state index is 13.5. The summed E-state index contributed by atoms with van der Waals surface area (Å²) in [5, 5.41) is 0. The Morgan fingerprint density at radius 1 is 1.08 bits per heavy atom. The number of H-pyrrole nitrogens is 1. The third kappa shape index (κ3) is 2.84. The van der Waals surface area contributed by atoms with Gasteiger partial charge in [-0.1, -0.05) is 13.3 Å². The van der Waals surface area contributed by atoms with Gasteiger partial charge in [0.1, 0.15) is 5.69 Å². The van der Waals surface area contributed by atoms with Crippen molar-refractivity contribution in [3.63, 3.8) is 0 Å². The maximum atomic E-state index is 13.5. The van der Waals surface area contributed by atoms with E-state index in [1.165, 1.54) is 32.1 Å². The molecule has 1 N–H and O–H groups in total. The number of fused-ring (bicyclic) bond motifs is 1. The quantitative estimate of drug-likeness (QED) is 0.837. The number of hydrogen-bond donors (Lipinski definition) is 1. The van der Waals surface area contributed by atoms with Crippen LogP contribution in [-0.4, -0.2) is 34.2 Å². The molecule has 0 aromatic carbocycles. The lowest BCUT2D eigenvalue weighted by molar-refractivity contribution is 0.0626. The molecule has 4 heteroatoms. The molecule has 4 fully saturated rings. The summed E-state index contributed by atoms with van der Waals surface area (Å²) in [6, 6.07) is 0.405. The number of rotatable bonds is 4. The van der Waals surface area contributed by atoms with Gasteiger partial charge in [-0.3, -0.25) is 9.59 Å². The van der Waals surface area contributed by atoms with Gasteiger partial charge < -0.3 is 9.88 Å². The van der Waals surface area contributed by atoms with Crippen LogP contribution in [0.5, 0.6) is 0 Å². The number of aromatic amines is 1. The third-order valence-corrected chi connectivity index (χ3v) is 6.72. The van der Waals surface area contributed by atoms with Gasteiger partial charge in [0.05, 0.1) is 0 Å². The molecule has 2 unspecified atom stereocenters. The number of nitrogens with zero attached hydrogens (tertiary/aromatic N) is 1. The van der Waals surface area contributed by atoms with Crippen LogP contribution in [0.25, 0.3) is 0 Å². The molecule has 4 aliphatic rings. The molecule has 4 bridgehead atoms. The van der Waals surface area contributed by atoms with Crippen LogP contribution in [0.3, 0.4) is 0 Å². The van der Waals surface area contributed by atoms with Crippen molar-refractivity contribution in [1.82, 2.24) is 9.88 Å². The number of nitrogens with one attached hydrogen (secondary N) is 1. The molecule has 4 nitrogen and oxygen atoms in total. The molecular weight excluding hydrogens is 312 g/mol. The van der Waals surface area contributed by atoms with Crippen molar-refractivity contribution in [2.24, 2.45) is 17.8 Å². The van der Waals surface area contributed by atoms with Crippen molar-refractivity contribution in [2.45, 2.75) is 71.8 Å². The minimum atomic E-state index is 0.0621. The van der Waals surface area contributed by atoms with Crippen LogP contribution in [0.2, 0.25) is 0 Å². The molecule has 2 saturated heterocycles. The number of aryl methyl sites for hydroxylation is 1.